The Morgan fingerprint density at radius 3 is 2.86 bits per heavy atom. The fraction of sp³-hybridized carbons (Fsp3) is 0.667. The van der Waals surface area contributed by atoms with Crippen molar-refractivity contribution < 1.29 is 4.74 Å². The average molecular weight is 400 g/mol. The van der Waals surface area contributed by atoms with Gasteiger partial charge in [-0.1, -0.05) is 6.42 Å². The molecule has 1 saturated heterocycles. The van der Waals surface area contributed by atoms with Crippen LogP contribution in [0.15, 0.2) is 18.3 Å². The first-order valence-corrected chi connectivity index (χ1v) is 11.0. The van der Waals surface area contributed by atoms with Crippen molar-refractivity contribution in [2.45, 2.75) is 69.9 Å². The topological polar surface area (TPSA) is 114 Å². The lowest BCUT2D eigenvalue weighted by atomic mass is 9.92. The third-order valence-electron chi connectivity index (χ3n) is 5.98. The highest BCUT2D eigenvalue weighted by Gasteiger charge is 2.19. The van der Waals surface area contributed by atoms with Gasteiger partial charge in [-0.2, -0.15) is 10.1 Å². The van der Waals surface area contributed by atoms with Crippen LogP contribution in [0.2, 0.25) is 0 Å². The van der Waals surface area contributed by atoms with Crippen LogP contribution in [0.3, 0.4) is 0 Å². The van der Waals surface area contributed by atoms with E-state index in [0.717, 1.165) is 68.6 Å². The van der Waals surface area contributed by atoms with Gasteiger partial charge in [-0.15, -0.1) is 0 Å². The number of ether oxygens (including phenoxy) is 1. The number of hydrogen-bond donors (Lipinski definition) is 4. The molecule has 4 rings (SSSR count). The minimum Gasteiger partial charge on any atom is -0.381 e. The van der Waals surface area contributed by atoms with Crippen LogP contribution in [0.5, 0.6) is 0 Å². The van der Waals surface area contributed by atoms with Gasteiger partial charge in [0.1, 0.15) is 5.82 Å². The van der Waals surface area contributed by atoms with Crippen molar-refractivity contribution in [1.29, 1.82) is 0 Å². The molecule has 2 aromatic heterocycles. The molecule has 3 heterocycles. The Kier molecular flexibility index (Phi) is 6.95. The number of anilines is 3. The van der Waals surface area contributed by atoms with Crippen LogP contribution in [0, 0.1) is 5.92 Å². The zero-order valence-corrected chi connectivity index (χ0v) is 17.1. The second kappa shape index (κ2) is 10.0. The predicted octanol–water partition coefficient (Wildman–Crippen LogP) is 3.37. The van der Waals surface area contributed by atoms with Crippen molar-refractivity contribution in [3.05, 3.63) is 24.0 Å². The molecule has 0 bridgehead atoms. The third kappa shape index (κ3) is 6.14. The van der Waals surface area contributed by atoms with Crippen LogP contribution in [-0.4, -0.2) is 45.5 Å². The highest BCUT2D eigenvalue weighted by atomic mass is 16.5. The first kappa shape index (κ1) is 20.1. The molecule has 1 aliphatic carbocycles. The highest BCUT2D eigenvalue weighted by molar-refractivity contribution is 5.53. The van der Waals surface area contributed by atoms with Crippen LogP contribution in [0.4, 0.5) is 17.6 Å². The lowest BCUT2D eigenvalue weighted by Crippen LogP contribution is -2.33. The van der Waals surface area contributed by atoms with Crippen molar-refractivity contribution in [3.63, 3.8) is 0 Å². The van der Waals surface area contributed by atoms with Crippen molar-refractivity contribution in [3.8, 4) is 0 Å². The maximum absolute atomic E-state index is 5.99. The molecule has 0 amide bonds. The van der Waals surface area contributed by atoms with Gasteiger partial charge in [-0.3, -0.25) is 5.10 Å². The van der Waals surface area contributed by atoms with Crippen LogP contribution in [-0.2, 0) is 11.2 Å². The van der Waals surface area contributed by atoms with E-state index in [1.807, 2.05) is 6.07 Å². The second-order valence-corrected chi connectivity index (χ2v) is 8.40. The van der Waals surface area contributed by atoms with E-state index in [-0.39, 0.29) is 0 Å². The first-order valence-electron chi connectivity index (χ1n) is 11.0. The minimum absolute atomic E-state index is 0.340. The molecular weight excluding hydrogens is 366 g/mol. The number of nitrogens with one attached hydrogen (secondary N) is 3. The van der Waals surface area contributed by atoms with Crippen molar-refractivity contribution in [2.24, 2.45) is 11.7 Å². The Balaban J connectivity index is 1.23. The molecule has 8 heteroatoms. The summed E-state index contributed by atoms with van der Waals surface area (Å²) in [5.74, 6) is 2.95. The second-order valence-electron chi connectivity index (χ2n) is 8.40. The number of aromatic amines is 1. The molecule has 1 atom stereocenters. The molecular formula is C21H33N7O. The lowest BCUT2D eigenvalue weighted by Gasteiger charge is -2.26. The SMILES string of the molecule is N[C@H]1CC[C@H](Nc2nccc(Nc3cc(CCCCC4CCOC4)[nH]n3)n2)CC1. The van der Waals surface area contributed by atoms with Gasteiger partial charge in [0.05, 0.1) is 0 Å². The van der Waals surface area contributed by atoms with E-state index in [1.54, 1.807) is 6.20 Å². The average Bonchev–Trinajstić information content (AvgIpc) is 3.40. The van der Waals surface area contributed by atoms with E-state index in [0.29, 0.717) is 18.0 Å². The number of rotatable bonds is 9. The van der Waals surface area contributed by atoms with Crippen molar-refractivity contribution in [1.82, 2.24) is 20.2 Å². The van der Waals surface area contributed by atoms with Gasteiger partial charge in [0.25, 0.3) is 0 Å². The fourth-order valence-electron chi connectivity index (χ4n) is 4.19. The third-order valence-corrected chi connectivity index (χ3v) is 5.98. The fourth-order valence-corrected chi connectivity index (χ4v) is 4.19. The molecule has 2 aliphatic rings. The van der Waals surface area contributed by atoms with Gasteiger partial charge in [0.15, 0.2) is 5.82 Å². The number of unbranched alkanes of at least 4 members (excludes halogenated alkanes) is 1. The molecule has 2 fully saturated rings. The van der Waals surface area contributed by atoms with Crippen LogP contribution >= 0.6 is 0 Å². The van der Waals surface area contributed by atoms with Gasteiger partial charge in [0.2, 0.25) is 5.95 Å². The van der Waals surface area contributed by atoms with E-state index >= 15 is 0 Å². The standard InChI is InChI=1S/C21H33N7O/c22-16-5-7-17(8-6-16)24-21-23-11-9-19(26-21)25-20-13-18(27-28-20)4-2-1-3-15-10-12-29-14-15/h9,11,13,15-17H,1-8,10,12,14,22H2,(H3,23,24,25,26,27,28)/t15?,16-,17-. The van der Waals surface area contributed by atoms with Gasteiger partial charge >= 0.3 is 0 Å². The molecule has 8 nitrogen and oxygen atoms in total. The molecule has 0 aromatic carbocycles. The van der Waals surface area contributed by atoms with Gasteiger partial charge < -0.3 is 21.1 Å². The quantitative estimate of drug-likeness (QED) is 0.478. The number of H-pyrrole nitrogens is 1. The molecule has 1 saturated carbocycles. The predicted molar refractivity (Wildman–Crippen MR) is 114 cm³/mol. The summed E-state index contributed by atoms with van der Waals surface area (Å²) in [7, 11) is 0. The smallest absolute Gasteiger partial charge is 0.224 e. The summed E-state index contributed by atoms with van der Waals surface area (Å²) in [6, 6.07) is 4.67. The van der Waals surface area contributed by atoms with E-state index < -0.39 is 0 Å². The highest BCUT2D eigenvalue weighted by Crippen LogP contribution is 2.22. The zero-order chi connectivity index (χ0) is 19.9. The normalized spacial score (nSPS) is 24.5. The molecule has 29 heavy (non-hydrogen) atoms. The number of hydrogen-bond acceptors (Lipinski definition) is 7. The van der Waals surface area contributed by atoms with E-state index in [1.165, 1.54) is 25.7 Å². The summed E-state index contributed by atoms with van der Waals surface area (Å²) < 4.78 is 5.44. The van der Waals surface area contributed by atoms with Crippen molar-refractivity contribution >= 4 is 17.6 Å². The van der Waals surface area contributed by atoms with Gasteiger partial charge in [0, 0.05) is 43.3 Å². The number of nitrogens with zero attached hydrogens (tertiary/aromatic N) is 3. The minimum atomic E-state index is 0.340. The van der Waals surface area contributed by atoms with E-state index in [9.17, 15) is 0 Å². The zero-order valence-electron chi connectivity index (χ0n) is 17.1. The monoisotopic (exact) mass is 399 g/mol. The van der Waals surface area contributed by atoms with Crippen molar-refractivity contribution in [2.75, 3.05) is 23.8 Å². The lowest BCUT2D eigenvalue weighted by molar-refractivity contribution is 0.183. The van der Waals surface area contributed by atoms with Crippen LogP contribution < -0.4 is 16.4 Å². The molecule has 158 valence electrons. The Bertz CT molecular complexity index is 751. The molecule has 1 unspecified atom stereocenters. The largest absolute Gasteiger partial charge is 0.381 e. The number of nitrogens with two attached hydrogens (primary N) is 1. The Morgan fingerprint density at radius 2 is 2.03 bits per heavy atom. The van der Waals surface area contributed by atoms with Crippen LogP contribution in [0.25, 0.3) is 0 Å². The van der Waals surface area contributed by atoms with Crippen LogP contribution in [0.1, 0.15) is 57.1 Å². The number of aromatic nitrogens is 4. The Hall–Kier alpha value is -2.19. The van der Waals surface area contributed by atoms with E-state index in [2.05, 4.69) is 36.9 Å². The summed E-state index contributed by atoms with van der Waals surface area (Å²) in [4.78, 5) is 8.93. The summed E-state index contributed by atoms with van der Waals surface area (Å²) >= 11 is 0. The maximum Gasteiger partial charge on any atom is 0.224 e. The molecule has 0 spiro atoms. The molecule has 2 aromatic rings. The van der Waals surface area contributed by atoms with Gasteiger partial charge in [-0.25, -0.2) is 4.98 Å². The molecule has 5 N–H and O–H groups in total. The molecule has 0 radical (unpaired) electrons. The maximum atomic E-state index is 5.99. The summed E-state index contributed by atoms with van der Waals surface area (Å²) in [6.45, 7) is 1.89. The van der Waals surface area contributed by atoms with Gasteiger partial charge in [-0.05, 0) is 63.4 Å². The number of aryl methyl sites for hydroxylation is 1. The summed E-state index contributed by atoms with van der Waals surface area (Å²) in [5, 5.41) is 14.2. The summed E-state index contributed by atoms with van der Waals surface area (Å²) in [5.41, 5.74) is 7.14. The Morgan fingerprint density at radius 1 is 1.14 bits per heavy atom. The summed E-state index contributed by atoms with van der Waals surface area (Å²) in [6.07, 6.45) is 11.9. The van der Waals surface area contributed by atoms with E-state index in [4.69, 9.17) is 10.5 Å². The first-order chi connectivity index (χ1) is 14.2. The Labute approximate surface area is 172 Å². The molecule has 1 aliphatic heterocycles.